The number of amides is 1. The summed E-state index contributed by atoms with van der Waals surface area (Å²) in [5.74, 6) is 0. The maximum absolute atomic E-state index is 12.1. The second-order valence-electron chi connectivity index (χ2n) is 6.19. The highest BCUT2D eigenvalue weighted by molar-refractivity contribution is 5.91. The minimum absolute atomic E-state index is 0.275. The van der Waals surface area contributed by atoms with Crippen molar-refractivity contribution in [3.63, 3.8) is 0 Å². The van der Waals surface area contributed by atoms with Gasteiger partial charge in [0.2, 0.25) is 0 Å². The summed E-state index contributed by atoms with van der Waals surface area (Å²) < 4.78 is 5.41. The molecule has 0 aliphatic carbocycles. The summed E-state index contributed by atoms with van der Waals surface area (Å²) in [5, 5.41) is 0. The number of nitrogens with zero attached hydrogens (tertiary/aromatic N) is 2. The third kappa shape index (κ3) is 2.77. The summed E-state index contributed by atoms with van der Waals surface area (Å²) >= 11 is 0. The van der Waals surface area contributed by atoms with Crippen LogP contribution in [0.15, 0.2) is 30.6 Å². The third-order valence-corrected chi connectivity index (χ3v) is 3.37. The Balaban J connectivity index is 1.78. The lowest BCUT2D eigenvalue weighted by Crippen LogP contribution is -2.35. The number of imidazole rings is 1. The van der Waals surface area contributed by atoms with Gasteiger partial charge in [-0.3, -0.25) is 0 Å². The van der Waals surface area contributed by atoms with E-state index >= 15 is 0 Å². The molecule has 0 radical (unpaired) electrons. The lowest BCUT2D eigenvalue weighted by Gasteiger charge is -2.24. The van der Waals surface area contributed by atoms with Crippen LogP contribution in [0.5, 0.6) is 0 Å². The number of hydrogen-bond donors (Lipinski definition) is 1. The molecule has 0 bridgehead atoms. The van der Waals surface area contributed by atoms with E-state index in [1.807, 2.05) is 39.0 Å². The zero-order chi connectivity index (χ0) is 15.0. The number of ether oxygens (including phenoxy) is 1. The van der Waals surface area contributed by atoms with Gasteiger partial charge >= 0.3 is 6.09 Å². The summed E-state index contributed by atoms with van der Waals surface area (Å²) in [6.45, 7) is 6.76. The molecule has 1 aromatic heterocycles. The number of aromatic amines is 1. The molecular formula is C16H19N3O2. The van der Waals surface area contributed by atoms with Gasteiger partial charge in [0.1, 0.15) is 5.60 Å². The number of nitrogens with one attached hydrogen (secondary N) is 1. The van der Waals surface area contributed by atoms with Gasteiger partial charge in [-0.1, -0.05) is 18.2 Å². The number of benzene rings is 1. The van der Waals surface area contributed by atoms with E-state index in [1.54, 1.807) is 11.2 Å². The van der Waals surface area contributed by atoms with Gasteiger partial charge in [0.05, 0.1) is 17.4 Å². The smallest absolute Gasteiger partial charge is 0.410 e. The van der Waals surface area contributed by atoms with Crippen LogP contribution in [0.1, 0.15) is 26.3 Å². The monoisotopic (exact) mass is 285 g/mol. The second kappa shape index (κ2) is 4.91. The Morgan fingerprint density at radius 2 is 2.19 bits per heavy atom. The first-order chi connectivity index (χ1) is 9.94. The summed E-state index contributed by atoms with van der Waals surface area (Å²) in [7, 11) is 0. The highest BCUT2D eigenvalue weighted by atomic mass is 16.6. The molecule has 1 aliphatic heterocycles. The number of carbonyl (C=O) groups excluding carboxylic acids is 1. The Labute approximate surface area is 123 Å². The molecule has 5 heteroatoms. The van der Waals surface area contributed by atoms with Crippen LogP contribution in [0.2, 0.25) is 0 Å². The molecule has 110 valence electrons. The second-order valence-corrected chi connectivity index (χ2v) is 6.19. The Hall–Kier alpha value is -2.30. The van der Waals surface area contributed by atoms with Gasteiger partial charge < -0.3 is 14.6 Å². The van der Waals surface area contributed by atoms with Crippen LogP contribution in [0.25, 0.3) is 16.6 Å². The van der Waals surface area contributed by atoms with Crippen LogP contribution < -0.4 is 0 Å². The van der Waals surface area contributed by atoms with Gasteiger partial charge in [-0.05, 0) is 32.4 Å². The van der Waals surface area contributed by atoms with Crippen LogP contribution in [0, 0.1) is 0 Å². The van der Waals surface area contributed by atoms with Crippen molar-refractivity contribution in [2.75, 3.05) is 13.1 Å². The fourth-order valence-electron chi connectivity index (χ4n) is 2.44. The molecule has 5 nitrogen and oxygen atoms in total. The maximum atomic E-state index is 12.1. The first-order valence-corrected chi connectivity index (χ1v) is 7.03. The molecule has 0 fully saturated rings. The maximum Gasteiger partial charge on any atom is 0.410 e. The molecule has 0 saturated carbocycles. The van der Waals surface area contributed by atoms with Crippen LogP contribution in [0.3, 0.4) is 0 Å². The van der Waals surface area contributed by atoms with E-state index < -0.39 is 5.60 Å². The lowest BCUT2D eigenvalue weighted by atomic mass is 10.1. The van der Waals surface area contributed by atoms with Crippen LogP contribution >= 0.6 is 0 Å². The number of para-hydroxylation sites is 1. The number of H-pyrrole nitrogens is 1. The van der Waals surface area contributed by atoms with E-state index in [2.05, 4.69) is 16.0 Å². The quantitative estimate of drug-likeness (QED) is 0.875. The van der Waals surface area contributed by atoms with Crippen molar-refractivity contribution in [3.05, 3.63) is 36.2 Å². The Morgan fingerprint density at radius 1 is 1.38 bits per heavy atom. The van der Waals surface area contributed by atoms with Crippen LogP contribution in [-0.4, -0.2) is 39.7 Å². The molecule has 1 amide bonds. The van der Waals surface area contributed by atoms with Gasteiger partial charge in [-0.25, -0.2) is 9.78 Å². The molecular weight excluding hydrogens is 266 g/mol. The molecule has 1 N–H and O–H groups in total. The topological polar surface area (TPSA) is 58.2 Å². The summed E-state index contributed by atoms with van der Waals surface area (Å²) in [6, 6.07) is 6.02. The predicted octanol–water partition coefficient (Wildman–Crippen LogP) is 3.20. The van der Waals surface area contributed by atoms with Crippen molar-refractivity contribution < 1.29 is 9.53 Å². The van der Waals surface area contributed by atoms with Gasteiger partial charge in [-0.2, -0.15) is 0 Å². The van der Waals surface area contributed by atoms with Crippen LogP contribution in [-0.2, 0) is 4.74 Å². The number of carbonyl (C=O) groups is 1. The fourth-order valence-corrected chi connectivity index (χ4v) is 2.44. The Kier molecular flexibility index (Phi) is 3.20. The molecule has 1 aromatic carbocycles. The van der Waals surface area contributed by atoms with Crippen molar-refractivity contribution >= 4 is 22.7 Å². The number of rotatable bonds is 1. The van der Waals surface area contributed by atoms with E-state index in [-0.39, 0.29) is 6.09 Å². The minimum atomic E-state index is -0.470. The third-order valence-electron chi connectivity index (χ3n) is 3.37. The average molecular weight is 285 g/mol. The van der Waals surface area contributed by atoms with E-state index in [0.717, 1.165) is 22.2 Å². The number of hydrogen-bond acceptors (Lipinski definition) is 3. The molecule has 2 heterocycles. The van der Waals surface area contributed by atoms with Crippen molar-refractivity contribution in [3.8, 4) is 0 Å². The molecule has 2 aromatic rings. The molecule has 0 spiro atoms. The molecule has 0 saturated heterocycles. The van der Waals surface area contributed by atoms with Gasteiger partial charge in [-0.15, -0.1) is 0 Å². The van der Waals surface area contributed by atoms with Crippen molar-refractivity contribution in [2.24, 2.45) is 0 Å². The van der Waals surface area contributed by atoms with Crippen molar-refractivity contribution in [2.45, 2.75) is 26.4 Å². The van der Waals surface area contributed by atoms with Gasteiger partial charge in [0, 0.05) is 18.7 Å². The first-order valence-electron chi connectivity index (χ1n) is 7.03. The van der Waals surface area contributed by atoms with E-state index in [0.29, 0.717) is 13.1 Å². The molecule has 0 atom stereocenters. The number of fused-ring (bicyclic) bond motifs is 1. The molecule has 1 aliphatic rings. The molecule has 0 unspecified atom stereocenters. The zero-order valence-electron chi connectivity index (χ0n) is 12.5. The normalized spacial score (nSPS) is 15.4. The largest absolute Gasteiger partial charge is 0.444 e. The minimum Gasteiger partial charge on any atom is -0.444 e. The summed E-state index contributed by atoms with van der Waals surface area (Å²) in [5.41, 5.74) is 3.65. The fraction of sp³-hybridized carbons (Fsp3) is 0.375. The predicted molar refractivity (Wildman–Crippen MR) is 81.9 cm³/mol. The van der Waals surface area contributed by atoms with Crippen molar-refractivity contribution in [1.82, 2.24) is 14.9 Å². The van der Waals surface area contributed by atoms with E-state index in [9.17, 15) is 4.79 Å². The number of aromatic nitrogens is 2. The first kappa shape index (κ1) is 13.7. The van der Waals surface area contributed by atoms with E-state index in [4.69, 9.17) is 4.74 Å². The summed E-state index contributed by atoms with van der Waals surface area (Å²) in [6.07, 6.45) is 3.48. The zero-order valence-corrected chi connectivity index (χ0v) is 12.5. The highest BCUT2D eigenvalue weighted by Crippen LogP contribution is 2.27. The van der Waals surface area contributed by atoms with Gasteiger partial charge in [0.25, 0.3) is 0 Å². The standard InChI is InChI=1S/C16H19N3O2/c1-16(2,3)21-15(20)19-8-7-11(9-19)12-5-4-6-13-14(12)18-10-17-13/h4-7,10H,8-9H2,1-3H3,(H,17,18). The molecule has 3 rings (SSSR count). The van der Waals surface area contributed by atoms with Gasteiger partial charge in [0.15, 0.2) is 0 Å². The Morgan fingerprint density at radius 3 is 2.95 bits per heavy atom. The van der Waals surface area contributed by atoms with Crippen LogP contribution in [0.4, 0.5) is 4.79 Å². The molecule has 21 heavy (non-hydrogen) atoms. The average Bonchev–Trinajstić information content (AvgIpc) is 3.05. The summed E-state index contributed by atoms with van der Waals surface area (Å²) in [4.78, 5) is 21.3. The lowest BCUT2D eigenvalue weighted by molar-refractivity contribution is 0.0306. The SMILES string of the molecule is CC(C)(C)OC(=O)N1CC=C(c2cccc3[nH]cnc23)C1. The highest BCUT2D eigenvalue weighted by Gasteiger charge is 2.26. The van der Waals surface area contributed by atoms with E-state index in [1.165, 1.54) is 0 Å². The Bertz CT molecular complexity index is 710. The van der Waals surface area contributed by atoms with Crippen molar-refractivity contribution in [1.29, 1.82) is 0 Å².